The molecule has 1 aromatic heterocycles. The van der Waals surface area contributed by atoms with E-state index < -0.39 is 0 Å². The van der Waals surface area contributed by atoms with Gasteiger partial charge in [-0.15, -0.1) is 0 Å². The zero-order chi connectivity index (χ0) is 8.43. The third kappa shape index (κ3) is 2.15. The maximum Gasteiger partial charge on any atom is 0.135 e. The molecule has 0 bridgehead atoms. The molecule has 11 heavy (non-hydrogen) atoms. The number of pyridine rings is 1. The van der Waals surface area contributed by atoms with Crippen LogP contribution in [-0.2, 0) is 0 Å². The molecular formula is C7H8BrClN2. The maximum atomic E-state index is 5.80. The first-order valence-electron chi connectivity index (χ1n) is 3.19. The second-order valence-corrected chi connectivity index (χ2v) is 3.47. The molecule has 0 fully saturated rings. The summed E-state index contributed by atoms with van der Waals surface area (Å²) in [6, 6.07) is 3.62. The predicted molar refractivity (Wildman–Crippen MR) is 49.5 cm³/mol. The first kappa shape index (κ1) is 8.97. The van der Waals surface area contributed by atoms with Gasteiger partial charge in [-0.05, 0) is 28.9 Å². The summed E-state index contributed by atoms with van der Waals surface area (Å²) in [5.41, 5.74) is 6.50. The molecule has 0 aromatic carbocycles. The van der Waals surface area contributed by atoms with Gasteiger partial charge in [0.2, 0.25) is 0 Å². The number of hydrogen-bond acceptors (Lipinski definition) is 2. The van der Waals surface area contributed by atoms with Crippen molar-refractivity contribution in [2.24, 2.45) is 5.73 Å². The number of aromatic nitrogens is 1. The van der Waals surface area contributed by atoms with E-state index in [1.165, 1.54) is 0 Å². The third-order valence-corrected chi connectivity index (χ3v) is 2.08. The quantitative estimate of drug-likeness (QED) is 0.760. The van der Waals surface area contributed by atoms with Gasteiger partial charge in [0.25, 0.3) is 0 Å². The van der Waals surface area contributed by atoms with Crippen molar-refractivity contribution in [2.75, 3.05) is 0 Å². The van der Waals surface area contributed by atoms with Crippen LogP contribution < -0.4 is 5.73 Å². The lowest BCUT2D eigenvalue weighted by Gasteiger charge is -2.06. The molecule has 2 N–H and O–H groups in total. The lowest BCUT2D eigenvalue weighted by Crippen LogP contribution is -2.06. The highest BCUT2D eigenvalue weighted by Gasteiger charge is 2.05. The number of hydrogen-bond donors (Lipinski definition) is 1. The van der Waals surface area contributed by atoms with Crippen LogP contribution in [0.25, 0.3) is 0 Å². The van der Waals surface area contributed by atoms with Crippen molar-refractivity contribution in [3.05, 3.63) is 27.5 Å². The molecule has 1 rings (SSSR count). The minimum atomic E-state index is -0.0666. The van der Waals surface area contributed by atoms with E-state index in [0.717, 1.165) is 10.2 Å². The number of nitrogens with two attached hydrogens (primary N) is 1. The Labute approximate surface area is 78.9 Å². The van der Waals surface area contributed by atoms with Crippen molar-refractivity contribution in [1.82, 2.24) is 4.98 Å². The van der Waals surface area contributed by atoms with Crippen LogP contribution in [0.3, 0.4) is 0 Å². The molecule has 1 atom stereocenters. The predicted octanol–water partition coefficient (Wildman–Crippen LogP) is 2.52. The van der Waals surface area contributed by atoms with E-state index in [-0.39, 0.29) is 6.04 Å². The standard InChI is InChI=1S/C7H8BrClN2/c1-4(10)5-2-3-6(8)11-7(5)9/h2-4H,10H2,1H3. The molecule has 0 amide bonds. The van der Waals surface area contributed by atoms with Gasteiger partial charge in [0.05, 0.1) is 0 Å². The summed E-state index contributed by atoms with van der Waals surface area (Å²) < 4.78 is 0.729. The molecule has 0 aliphatic rings. The summed E-state index contributed by atoms with van der Waals surface area (Å²) in [5, 5.41) is 0.467. The van der Waals surface area contributed by atoms with E-state index >= 15 is 0 Å². The lowest BCUT2D eigenvalue weighted by molar-refractivity contribution is 0.811. The fraction of sp³-hybridized carbons (Fsp3) is 0.286. The monoisotopic (exact) mass is 234 g/mol. The SMILES string of the molecule is CC(N)c1ccc(Br)nc1Cl. The molecular weight excluding hydrogens is 227 g/mol. The fourth-order valence-corrected chi connectivity index (χ4v) is 1.50. The normalized spacial score (nSPS) is 13.1. The van der Waals surface area contributed by atoms with Crippen LogP contribution in [0.4, 0.5) is 0 Å². The number of halogens is 2. The molecule has 4 heteroatoms. The van der Waals surface area contributed by atoms with Crippen LogP contribution >= 0.6 is 27.5 Å². The first-order chi connectivity index (χ1) is 5.11. The zero-order valence-corrected chi connectivity index (χ0v) is 8.35. The van der Waals surface area contributed by atoms with Gasteiger partial charge < -0.3 is 5.73 Å². The van der Waals surface area contributed by atoms with Crippen LogP contribution in [0.2, 0.25) is 5.15 Å². The molecule has 0 saturated carbocycles. The van der Waals surface area contributed by atoms with Crippen LogP contribution in [0, 0.1) is 0 Å². The van der Waals surface area contributed by atoms with Crippen molar-refractivity contribution in [3.8, 4) is 0 Å². The van der Waals surface area contributed by atoms with Crippen LogP contribution in [0.15, 0.2) is 16.7 Å². The molecule has 1 unspecified atom stereocenters. The molecule has 0 spiro atoms. The highest BCUT2D eigenvalue weighted by Crippen LogP contribution is 2.21. The highest BCUT2D eigenvalue weighted by molar-refractivity contribution is 9.10. The van der Waals surface area contributed by atoms with E-state index in [1.807, 2.05) is 19.1 Å². The molecule has 1 aromatic rings. The van der Waals surface area contributed by atoms with E-state index in [1.54, 1.807) is 0 Å². The molecule has 0 aliphatic heterocycles. The van der Waals surface area contributed by atoms with Gasteiger partial charge in [-0.1, -0.05) is 17.7 Å². The summed E-state index contributed by atoms with van der Waals surface area (Å²) in [7, 11) is 0. The van der Waals surface area contributed by atoms with E-state index in [0.29, 0.717) is 5.15 Å². The largest absolute Gasteiger partial charge is 0.324 e. The van der Waals surface area contributed by atoms with Gasteiger partial charge in [0.1, 0.15) is 9.76 Å². The second kappa shape index (κ2) is 3.52. The molecule has 2 nitrogen and oxygen atoms in total. The van der Waals surface area contributed by atoms with Crippen LogP contribution in [0.1, 0.15) is 18.5 Å². The lowest BCUT2D eigenvalue weighted by atomic mass is 10.2. The van der Waals surface area contributed by atoms with Gasteiger partial charge in [-0.25, -0.2) is 4.98 Å². The number of nitrogens with zero attached hydrogens (tertiary/aromatic N) is 1. The molecule has 0 saturated heterocycles. The van der Waals surface area contributed by atoms with Crippen LogP contribution in [0.5, 0.6) is 0 Å². The van der Waals surface area contributed by atoms with Gasteiger partial charge >= 0.3 is 0 Å². The van der Waals surface area contributed by atoms with Crippen molar-refractivity contribution < 1.29 is 0 Å². The van der Waals surface area contributed by atoms with E-state index in [2.05, 4.69) is 20.9 Å². The molecule has 0 radical (unpaired) electrons. The summed E-state index contributed by atoms with van der Waals surface area (Å²) in [5.74, 6) is 0. The molecule has 1 heterocycles. The average Bonchev–Trinajstić information content (AvgIpc) is 1.85. The Morgan fingerprint density at radius 3 is 2.73 bits per heavy atom. The topological polar surface area (TPSA) is 38.9 Å². The third-order valence-electron chi connectivity index (χ3n) is 1.33. The summed E-state index contributed by atoms with van der Waals surface area (Å²) in [6.07, 6.45) is 0. The Morgan fingerprint density at radius 1 is 1.64 bits per heavy atom. The molecule has 60 valence electrons. The highest BCUT2D eigenvalue weighted by atomic mass is 79.9. The van der Waals surface area contributed by atoms with Gasteiger partial charge in [0, 0.05) is 11.6 Å². The molecule has 0 aliphatic carbocycles. The Morgan fingerprint density at radius 2 is 2.27 bits per heavy atom. The fourth-order valence-electron chi connectivity index (χ4n) is 0.763. The maximum absolute atomic E-state index is 5.80. The second-order valence-electron chi connectivity index (χ2n) is 2.30. The van der Waals surface area contributed by atoms with E-state index in [4.69, 9.17) is 17.3 Å². The Kier molecular flexibility index (Phi) is 2.87. The Hall–Kier alpha value is -0.120. The Bertz CT molecular complexity index is 263. The average molecular weight is 236 g/mol. The van der Waals surface area contributed by atoms with Crippen molar-refractivity contribution in [3.63, 3.8) is 0 Å². The minimum Gasteiger partial charge on any atom is -0.324 e. The Balaban J connectivity index is 3.09. The van der Waals surface area contributed by atoms with E-state index in [9.17, 15) is 0 Å². The smallest absolute Gasteiger partial charge is 0.135 e. The summed E-state index contributed by atoms with van der Waals surface area (Å²) in [6.45, 7) is 1.87. The van der Waals surface area contributed by atoms with Crippen molar-refractivity contribution in [2.45, 2.75) is 13.0 Å². The van der Waals surface area contributed by atoms with Gasteiger partial charge in [0.15, 0.2) is 0 Å². The zero-order valence-electron chi connectivity index (χ0n) is 6.01. The summed E-state index contributed by atoms with van der Waals surface area (Å²) >= 11 is 9.01. The van der Waals surface area contributed by atoms with Crippen molar-refractivity contribution in [1.29, 1.82) is 0 Å². The van der Waals surface area contributed by atoms with Gasteiger partial charge in [-0.2, -0.15) is 0 Å². The summed E-state index contributed by atoms with van der Waals surface area (Å²) in [4.78, 5) is 4.00. The first-order valence-corrected chi connectivity index (χ1v) is 4.36. The van der Waals surface area contributed by atoms with Crippen LogP contribution in [-0.4, -0.2) is 4.98 Å². The van der Waals surface area contributed by atoms with Gasteiger partial charge in [-0.3, -0.25) is 0 Å². The minimum absolute atomic E-state index is 0.0666. The number of rotatable bonds is 1. The van der Waals surface area contributed by atoms with Crippen molar-refractivity contribution >= 4 is 27.5 Å².